The molecule has 0 radical (unpaired) electrons. The first kappa shape index (κ1) is 13.6. The molecule has 0 aromatic heterocycles. The summed E-state index contributed by atoms with van der Waals surface area (Å²) in [6.07, 6.45) is 6.13. The average molecular weight is 273 g/mol. The normalized spacial score (nSPS) is 20.9. The van der Waals surface area contributed by atoms with Gasteiger partial charge >= 0.3 is 0 Å². The van der Waals surface area contributed by atoms with Crippen molar-refractivity contribution < 1.29 is 9.90 Å². The van der Waals surface area contributed by atoms with Gasteiger partial charge in [-0.15, -0.1) is 0 Å². The van der Waals surface area contributed by atoms with Gasteiger partial charge in [0.05, 0.1) is 6.61 Å². The summed E-state index contributed by atoms with van der Waals surface area (Å²) in [4.78, 5) is 12.3. The minimum absolute atomic E-state index is 0.0544. The van der Waals surface area contributed by atoms with Crippen LogP contribution in [0.15, 0.2) is 24.3 Å². The molecule has 1 aromatic rings. The fourth-order valence-electron chi connectivity index (χ4n) is 3.68. The van der Waals surface area contributed by atoms with Gasteiger partial charge in [0.15, 0.2) is 0 Å². The molecular weight excluding hydrogens is 250 g/mol. The van der Waals surface area contributed by atoms with Crippen LogP contribution in [0.25, 0.3) is 0 Å². The predicted molar refractivity (Wildman–Crippen MR) is 78.3 cm³/mol. The predicted octanol–water partition coefficient (Wildman–Crippen LogP) is 2.07. The minimum Gasteiger partial charge on any atom is -0.396 e. The Morgan fingerprint density at radius 2 is 1.80 bits per heavy atom. The molecule has 3 rings (SSSR count). The standard InChI is InChI=1S/C17H23NO2/c19-12-17(7-3-4-8-17)11-18-16(20)15-9-13-5-1-2-6-14(13)10-15/h1-2,5-6,15,19H,3-4,7-12H2,(H,18,20). The third kappa shape index (κ3) is 2.59. The van der Waals surface area contributed by atoms with Crippen LogP contribution in [0.4, 0.5) is 0 Å². The molecule has 0 aliphatic heterocycles. The van der Waals surface area contributed by atoms with E-state index in [1.165, 1.54) is 24.0 Å². The van der Waals surface area contributed by atoms with E-state index in [-0.39, 0.29) is 23.8 Å². The Bertz CT molecular complexity index is 467. The molecule has 2 N–H and O–H groups in total. The monoisotopic (exact) mass is 273 g/mol. The maximum absolute atomic E-state index is 12.3. The molecular formula is C17H23NO2. The molecule has 2 aliphatic rings. The lowest BCUT2D eigenvalue weighted by Crippen LogP contribution is -2.41. The Morgan fingerprint density at radius 3 is 2.35 bits per heavy atom. The summed E-state index contributed by atoms with van der Waals surface area (Å²) < 4.78 is 0. The van der Waals surface area contributed by atoms with Crippen LogP contribution < -0.4 is 5.32 Å². The Hall–Kier alpha value is -1.35. The van der Waals surface area contributed by atoms with E-state index < -0.39 is 0 Å². The van der Waals surface area contributed by atoms with Crippen molar-refractivity contribution in [1.82, 2.24) is 5.32 Å². The number of aliphatic hydroxyl groups excluding tert-OH is 1. The van der Waals surface area contributed by atoms with Crippen molar-refractivity contribution in [2.45, 2.75) is 38.5 Å². The number of hydrogen-bond donors (Lipinski definition) is 2. The fourth-order valence-corrected chi connectivity index (χ4v) is 3.68. The van der Waals surface area contributed by atoms with Crippen molar-refractivity contribution in [3.05, 3.63) is 35.4 Å². The Labute approximate surface area is 120 Å². The van der Waals surface area contributed by atoms with Crippen LogP contribution in [0.1, 0.15) is 36.8 Å². The van der Waals surface area contributed by atoms with Gasteiger partial charge in [0.25, 0.3) is 0 Å². The molecule has 0 unspecified atom stereocenters. The maximum atomic E-state index is 12.3. The summed E-state index contributed by atoms with van der Waals surface area (Å²) in [5.74, 6) is 0.227. The quantitative estimate of drug-likeness (QED) is 0.882. The number of hydrogen-bond acceptors (Lipinski definition) is 2. The first-order valence-electron chi connectivity index (χ1n) is 7.68. The van der Waals surface area contributed by atoms with Gasteiger partial charge in [-0.1, -0.05) is 37.1 Å². The summed E-state index contributed by atoms with van der Waals surface area (Å²) in [7, 11) is 0. The van der Waals surface area contributed by atoms with Crippen molar-refractivity contribution in [3.8, 4) is 0 Å². The molecule has 2 aliphatic carbocycles. The number of fused-ring (bicyclic) bond motifs is 1. The zero-order valence-corrected chi connectivity index (χ0v) is 11.9. The number of amides is 1. The van der Waals surface area contributed by atoms with Gasteiger partial charge < -0.3 is 10.4 Å². The minimum atomic E-state index is -0.0544. The first-order valence-corrected chi connectivity index (χ1v) is 7.68. The molecule has 0 heterocycles. The lowest BCUT2D eigenvalue weighted by molar-refractivity contribution is -0.125. The van der Waals surface area contributed by atoms with Crippen molar-refractivity contribution >= 4 is 5.91 Å². The molecule has 3 nitrogen and oxygen atoms in total. The van der Waals surface area contributed by atoms with E-state index in [4.69, 9.17) is 0 Å². The van der Waals surface area contributed by atoms with Crippen LogP contribution >= 0.6 is 0 Å². The van der Waals surface area contributed by atoms with Crippen molar-refractivity contribution in [3.63, 3.8) is 0 Å². The second kappa shape index (κ2) is 5.57. The summed E-state index contributed by atoms with van der Waals surface area (Å²) in [6, 6.07) is 8.32. The van der Waals surface area contributed by atoms with Crippen LogP contribution in [0.3, 0.4) is 0 Å². The third-order valence-electron chi connectivity index (χ3n) is 5.06. The van der Waals surface area contributed by atoms with E-state index in [2.05, 4.69) is 17.4 Å². The van der Waals surface area contributed by atoms with Gasteiger partial charge in [-0.25, -0.2) is 0 Å². The van der Waals surface area contributed by atoms with Crippen LogP contribution in [0.2, 0.25) is 0 Å². The smallest absolute Gasteiger partial charge is 0.223 e. The number of rotatable bonds is 4. The van der Waals surface area contributed by atoms with Crippen LogP contribution in [0.5, 0.6) is 0 Å². The number of benzene rings is 1. The molecule has 0 bridgehead atoms. The first-order chi connectivity index (χ1) is 9.72. The summed E-state index contributed by atoms with van der Waals surface area (Å²) in [5, 5.41) is 12.7. The molecule has 0 atom stereocenters. The molecule has 1 aromatic carbocycles. The number of carbonyl (C=O) groups is 1. The van der Waals surface area contributed by atoms with E-state index in [9.17, 15) is 9.90 Å². The molecule has 108 valence electrons. The number of carbonyl (C=O) groups excluding carboxylic acids is 1. The lowest BCUT2D eigenvalue weighted by atomic mass is 9.87. The SMILES string of the molecule is O=C(NCC1(CO)CCCC1)C1Cc2ccccc2C1. The molecule has 3 heteroatoms. The summed E-state index contributed by atoms with van der Waals surface area (Å²) in [6.45, 7) is 0.827. The molecule has 0 saturated heterocycles. The zero-order chi connectivity index (χ0) is 14.0. The van der Waals surface area contributed by atoms with Gasteiger partial charge in [0.2, 0.25) is 5.91 Å². The van der Waals surface area contributed by atoms with Crippen molar-refractivity contribution in [2.75, 3.05) is 13.2 Å². The van der Waals surface area contributed by atoms with E-state index in [1.807, 2.05) is 12.1 Å². The van der Waals surface area contributed by atoms with Crippen molar-refractivity contribution in [2.24, 2.45) is 11.3 Å². The Kier molecular flexibility index (Phi) is 3.79. The third-order valence-corrected chi connectivity index (χ3v) is 5.06. The highest BCUT2D eigenvalue weighted by atomic mass is 16.3. The van der Waals surface area contributed by atoms with Gasteiger partial charge in [0.1, 0.15) is 0 Å². The average Bonchev–Trinajstić information content (AvgIpc) is 3.12. The summed E-state index contributed by atoms with van der Waals surface area (Å²) in [5.41, 5.74) is 2.57. The largest absolute Gasteiger partial charge is 0.396 e. The van der Waals surface area contributed by atoms with Crippen LogP contribution in [0, 0.1) is 11.3 Å². The Balaban J connectivity index is 1.56. The van der Waals surface area contributed by atoms with Crippen molar-refractivity contribution in [1.29, 1.82) is 0 Å². The zero-order valence-electron chi connectivity index (χ0n) is 11.9. The summed E-state index contributed by atoms with van der Waals surface area (Å²) >= 11 is 0. The Morgan fingerprint density at radius 1 is 1.20 bits per heavy atom. The fraction of sp³-hybridized carbons (Fsp3) is 0.588. The van der Waals surface area contributed by atoms with E-state index in [0.29, 0.717) is 6.54 Å². The van der Waals surface area contributed by atoms with Gasteiger partial charge in [-0.2, -0.15) is 0 Å². The van der Waals surface area contributed by atoms with E-state index in [1.54, 1.807) is 0 Å². The van der Waals surface area contributed by atoms with Crippen LogP contribution in [-0.4, -0.2) is 24.2 Å². The van der Waals surface area contributed by atoms with E-state index >= 15 is 0 Å². The van der Waals surface area contributed by atoms with Gasteiger partial charge in [-0.05, 0) is 36.8 Å². The number of nitrogens with one attached hydrogen (secondary N) is 1. The maximum Gasteiger partial charge on any atom is 0.223 e. The highest BCUT2D eigenvalue weighted by molar-refractivity contribution is 5.80. The molecule has 20 heavy (non-hydrogen) atoms. The molecule has 1 amide bonds. The molecule has 0 spiro atoms. The second-order valence-electron chi connectivity index (χ2n) is 6.46. The van der Waals surface area contributed by atoms with E-state index in [0.717, 1.165) is 25.7 Å². The molecule has 1 fully saturated rings. The number of aliphatic hydroxyl groups is 1. The topological polar surface area (TPSA) is 49.3 Å². The molecule has 1 saturated carbocycles. The highest BCUT2D eigenvalue weighted by Crippen LogP contribution is 2.37. The van der Waals surface area contributed by atoms with Gasteiger partial charge in [0, 0.05) is 17.9 Å². The second-order valence-corrected chi connectivity index (χ2v) is 6.46. The van der Waals surface area contributed by atoms with Gasteiger partial charge in [-0.3, -0.25) is 4.79 Å². The van der Waals surface area contributed by atoms with Crippen LogP contribution in [-0.2, 0) is 17.6 Å². The highest BCUT2D eigenvalue weighted by Gasteiger charge is 2.35. The lowest BCUT2D eigenvalue weighted by Gasteiger charge is -2.27.